The summed E-state index contributed by atoms with van der Waals surface area (Å²) in [6, 6.07) is 0. The number of aromatic nitrogens is 4. The molecule has 17 heavy (non-hydrogen) atoms. The van der Waals surface area contributed by atoms with Crippen LogP contribution in [0.1, 0.15) is 5.69 Å². The topological polar surface area (TPSA) is 84.1 Å². The maximum atomic E-state index is 10.6. The van der Waals surface area contributed by atoms with Crippen molar-refractivity contribution in [1.82, 2.24) is 19.5 Å². The number of anilines is 1. The molecule has 0 aliphatic rings. The normalized spacial score (nSPS) is 10.8. The predicted octanol–water partition coefficient (Wildman–Crippen LogP) is 0.193. The lowest BCUT2D eigenvalue weighted by Crippen LogP contribution is -2.27. The van der Waals surface area contributed by atoms with Gasteiger partial charge in [0.1, 0.15) is 12.1 Å². The van der Waals surface area contributed by atoms with Gasteiger partial charge in [0, 0.05) is 14.1 Å². The minimum absolute atomic E-state index is 0.136. The molecule has 0 aliphatic heterocycles. The summed E-state index contributed by atoms with van der Waals surface area (Å²) in [5.41, 5.74) is 2.17. The standard InChI is InChI=1S/C10H13N5O2/c1-6-8-9(15(3)5-11-8)13-10(12-6)14(2)4-7(16)17/h5H,4H2,1-3H3,(H,16,17). The Hall–Kier alpha value is -2.18. The highest BCUT2D eigenvalue weighted by atomic mass is 16.4. The molecule has 2 aromatic heterocycles. The molecule has 2 aromatic rings. The Bertz CT molecular complexity index is 577. The molecule has 0 spiro atoms. The van der Waals surface area contributed by atoms with Crippen molar-refractivity contribution < 1.29 is 9.90 Å². The lowest BCUT2D eigenvalue weighted by molar-refractivity contribution is -0.135. The van der Waals surface area contributed by atoms with E-state index in [1.807, 2.05) is 14.0 Å². The van der Waals surface area contributed by atoms with Crippen LogP contribution in [0.4, 0.5) is 5.95 Å². The van der Waals surface area contributed by atoms with Crippen molar-refractivity contribution in [1.29, 1.82) is 0 Å². The van der Waals surface area contributed by atoms with Crippen molar-refractivity contribution in [2.45, 2.75) is 6.92 Å². The predicted molar refractivity (Wildman–Crippen MR) is 61.9 cm³/mol. The number of likely N-dealkylation sites (N-methyl/N-ethyl adjacent to an activating group) is 1. The van der Waals surface area contributed by atoms with E-state index in [9.17, 15) is 4.79 Å². The van der Waals surface area contributed by atoms with Crippen LogP contribution in [0.5, 0.6) is 0 Å². The van der Waals surface area contributed by atoms with E-state index in [4.69, 9.17) is 5.11 Å². The third-order valence-electron chi connectivity index (χ3n) is 2.44. The molecule has 0 fully saturated rings. The summed E-state index contributed by atoms with van der Waals surface area (Å²) in [7, 11) is 3.48. The number of hydrogen-bond acceptors (Lipinski definition) is 5. The van der Waals surface area contributed by atoms with Crippen molar-refractivity contribution in [2.24, 2.45) is 7.05 Å². The lowest BCUT2D eigenvalue weighted by Gasteiger charge is -2.14. The van der Waals surface area contributed by atoms with Crippen LogP contribution < -0.4 is 4.90 Å². The zero-order valence-electron chi connectivity index (χ0n) is 9.88. The van der Waals surface area contributed by atoms with Crippen molar-refractivity contribution in [3.8, 4) is 0 Å². The number of carbonyl (C=O) groups is 1. The molecular weight excluding hydrogens is 222 g/mol. The molecule has 0 aromatic carbocycles. The summed E-state index contributed by atoms with van der Waals surface area (Å²) in [5, 5.41) is 8.73. The lowest BCUT2D eigenvalue weighted by atomic mass is 10.4. The first-order valence-electron chi connectivity index (χ1n) is 5.07. The number of fused-ring (bicyclic) bond motifs is 1. The molecule has 0 aliphatic carbocycles. The van der Waals surface area contributed by atoms with Gasteiger partial charge in [-0.05, 0) is 6.92 Å². The smallest absolute Gasteiger partial charge is 0.323 e. The van der Waals surface area contributed by atoms with E-state index in [0.29, 0.717) is 11.6 Å². The third-order valence-corrected chi connectivity index (χ3v) is 2.44. The van der Waals surface area contributed by atoms with E-state index in [1.54, 1.807) is 17.9 Å². The van der Waals surface area contributed by atoms with Crippen LogP contribution in [0.2, 0.25) is 0 Å². The van der Waals surface area contributed by atoms with Gasteiger partial charge < -0.3 is 14.6 Å². The van der Waals surface area contributed by atoms with Crippen molar-refractivity contribution in [3.63, 3.8) is 0 Å². The van der Waals surface area contributed by atoms with Gasteiger partial charge in [0.05, 0.1) is 12.0 Å². The molecule has 7 heteroatoms. The molecule has 7 nitrogen and oxygen atoms in total. The van der Waals surface area contributed by atoms with Gasteiger partial charge >= 0.3 is 5.97 Å². The summed E-state index contributed by atoms with van der Waals surface area (Å²) >= 11 is 0. The van der Waals surface area contributed by atoms with Gasteiger partial charge in [0.25, 0.3) is 0 Å². The van der Waals surface area contributed by atoms with E-state index in [0.717, 1.165) is 11.2 Å². The Labute approximate surface area is 97.7 Å². The van der Waals surface area contributed by atoms with Gasteiger partial charge in [-0.15, -0.1) is 0 Å². The second-order valence-electron chi connectivity index (χ2n) is 3.89. The molecule has 0 unspecified atom stereocenters. The fourth-order valence-corrected chi connectivity index (χ4v) is 1.58. The highest BCUT2D eigenvalue weighted by Gasteiger charge is 2.13. The average molecular weight is 235 g/mol. The zero-order chi connectivity index (χ0) is 12.6. The Morgan fingerprint density at radius 3 is 2.88 bits per heavy atom. The molecule has 2 heterocycles. The quantitative estimate of drug-likeness (QED) is 0.817. The number of imidazole rings is 1. The Morgan fingerprint density at radius 2 is 2.24 bits per heavy atom. The van der Waals surface area contributed by atoms with Gasteiger partial charge in [0.2, 0.25) is 5.95 Å². The third kappa shape index (κ3) is 2.03. The highest BCUT2D eigenvalue weighted by molar-refractivity contribution is 5.76. The average Bonchev–Trinajstić information content (AvgIpc) is 2.60. The van der Waals surface area contributed by atoms with Gasteiger partial charge in [-0.25, -0.2) is 9.97 Å². The summed E-state index contributed by atoms with van der Waals surface area (Å²) < 4.78 is 1.78. The second kappa shape index (κ2) is 4.00. The van der Waals surface area contributed by atoms with Crippen molar-refractivity contribution >= 4 is 23.1 Å². The molecule has 0 saturated heterocycles. The molecule has 0 saturated carbocycles. The number of carboxylic acids is 1. The molecular formula is C10H13N5O2. The summed E-state index contributed by atoms with van der Waals surface area (Å²) in [4.78, 5) is 24.8. The SMILES string of the molecule is Cc1nc(N(C)CC(=O)O)nc2c1ncn2C. The van der Waals surface area contributed by atoms with E-state index >= 15 is 0 Å². The summed E-state index contributed by atoms with van der Waals surface area (Å²) in [6.07, 6.45) is 1.66. The van der Waals surface area contributed by atoms with Crippen LogP contribution in [0, 0.1) is 6.92 Å². The number of hydrogen-bond donors (Lipinski definition) is 1. The molecule has 0 bridgehead atoms. The van der Waals surface area contributed by atoms with Crippen LogP contribution in [-0.2, 0) is 11.8 Å². The van der Waals surface area contributed by atoms with Gasteiger partial charge in [-0.1, -0.05) is 0 Å². The first kappa shape index (κ1) is 11.3. The maximum Gasteiger partial charge on any atom is 0.323 e. The largest absolute Gasteiger partial charge is 0.480 e. The fraction of sp³-hybridized carbons (Fsp3) is 0.400. The Kier molecular flexibility index (Phi) is 2.66. The van der Waals surface area contributed by atoms with Gasteiger partial charge in [-0.2, -0.15) is 4.98 Å². The van der Waals surface area contributed by atoms with E-state index in [-0.39, 0.29) is 6.54 Å². The summed E-state index contributed by atoms with van der Waals surface area (Å²) in [5.74, 6) is -0.528. The number of rotatable bonds is 3. The van der Waals surface area contributed by atoms with Gasteiger partial charge in [-0.3, -0.25) is 4.79 Å². The molecule has 90 valence electrons. The van der Waals surface area contributed by atoms with Gasteiger partial charge in [0.15, 0.2) is 5.65 Å². The second-order valence-corrected chi connectivity index (χ2v) is 3.89. The number of nitrogens with zero attached hydrogens (tertiary/aromatic N) is 5. The van der Waals surface area contributed by atoms with E-state index < -0.39 is 5.97 Å². The zero-order valence-corrected chi connectivity index (χ0v) is 9.88. The van der Waals surface area contributed by atoms with Crippen LogP contribution >= 0.6 is 0 Å². The first-order chi connectivity index (χ1) is 7.99. The molecule has 2 rings (SSSR count). The molecule has 0 amide bonds. The Morgan fingerprint density at radius 1 is 1.53 bits per heavy atom. The number of aliphatic carboxylic acids is 1. The number of aryl methyl sites for hydroxylation is 2. The molecule has 0 radical (unpaired) electrons. The first-order valence-corrected chi connectivity index (χ1v) is 5.07. The molecule has 0 atom stereocenters. The minimum atomic E-state index is -0.918. The van der Waals surface area contributed by atoms with Crippen LogP contribution in [-0.4, -0.2) is 44.2 Å². The highest BCUT2D eigenvalue weighted by Crippen LogP contribution is 2.16. The maximum absolute atomic E-state index is 10.6. The number of carboxylic acid groups (broad SMARTS) is 1. The monoisotopic (exact) mass is 235 g/mol. The van der Waals surface area contributed by atoms with Crippen LogP contribution in [0.3, 0.4) is 0 Å². The van der Waals surface area contributed by atoms with Crippen molar-refractivity contribution in [3.05, 3.63) is 12.0 Å². The summed E-state index contributed by atoms with van der Waals surface area (Å²) in [6.45, 7) is 1.69. The van der Waals surface area contributed by atoms with E-state index in [1.165, 1.54) is 4.90 Å². The van der Waals surface area contributed by atoms with Crippen LogP contribution in [0.15, 0.2) is 6.33 Å². The molecule has 1 N–H and O–H groups in total. The van der Waals surface area contributed by atoms with Crippen LogP contribution in [0.25, 0.3) is 11.2 Å². The fourth-order valence-electron chi connectivity index (χ4n) is 1.58. The van der Waals surface area contributed by atoms with E-state index in [2.05, 4.69) is 15.0 Å². The van der Waals surface area contributed by atoms with Crippen molar-refractivity contribution in [2.75, 3.05) is 18.5 Å². The minimum Gasteiger partial charge on any atom is -0.480 e. The Balaban J connectivity index is 2.48.